The van der Waals surface area contributed by atoms with Crippen molar-refractivity contribution in [2.45, 2.75) is 19.5 Å². The predicted octanol–water partition coefficient (Wildman–Crippen LogP) is 0.624. The molecule has 1 aliphatic rings. The number of nitrogens with one attached hydrogen (secondary N) is 1. The quantitative estimate of drug-likeness (QED) is 0.771. The molecule has 3 N–H and O–H groups in total. The lowest BCUT2D eigenvalue weighted by Crippen LogP contribution is -3.13. The standard InChI is InChI=1S/C19H23ClFN3O2/c1-14(18-6-3-11-26-18)22-12-19(25)24-9-7-23(8-10-24)13-15-16(20)4-2-5-17(15)21/h2-6,11,14,22H,7-10,12-13H2,1H3/p+2/t14-/m0/s1. The molecule has 2 heterocycles. The van der Waals surface area contributed by atoms with Crippen molar-refractivity contribution in [2.75, 3.05) is 32.7 Å². The smallest absolute Gasteiger partial charge is 0.278 e. The summed E-state index contributed by atoms with van der Waals surface area (Å²) in [7, 11) is 0. The van der Waals surface area contributed by atoms with Crippen molar-refractivity contribution in [1.82, 2.24) is 4.90 Å². The Morgan fingerprint density at radius 2 is 2.12 bits per heavy atom. The molecule has 7 heteroatoms. The highest BCUT2D eigenvalue weighted by Crippen LogP contribution is 2.17. The first-order valence-electron chi connectivity index (χ1n) is 8.95. The minimum atomic E-state index is -0.259. The van der Waals surface area contributed by atoms with Gasteiger partial charge in [-0.1, -0.05) is 17.7 Å². The van der Waals surface area contributed by atoms with Crippen LogP contribution in [0.15, 0.2) is 41.0 Å². The number of piperazine rings is 1. The van der Waals surface area contributed by atoms with Gasteiger partial charge in [0, 0.05) is 0 Å². The molecule has 0 unspecified atom stereocenters. The molecule has 0 bridgehead atoms. The summed E-state index contributed by atoms with van der Waals surface area (Å²) in [5.41, 5.74) is 0.560. The third-order valence-corrected chi connectivity index (χ3v) is 5.30. The van der Waals surface area contributed by atoms with E-state index in [0.29, 0.717) is 36.8 Å². The second-order valence-corrected chi connectivity index (χ2v) is 7.16. The number of rotatable bonds is 6. The highest BCUT2D eigenvalue weighted by atomic mass is 35.5. The Hall–Kier alpha value is -1.89. The van der Waals surface area contributed by atoms with E-state index in [9.17, 15) is 9.18 Å². The third kappa shape index (κ3) is 4.63. The Kier molecular flexibility index (Phi) is 6.29. The van der Waals surface area contributed by atoms with E-state index in [1.165, 1.54) is 11.0 Å². The Bertz CT molecular complexity index is 710. The molecule has 1 amide bonds. The van der Waals surface area contributed by atoms with Crippen LogP contribution in [0.4, 0.5) is 4.39 Å². The zero-order valence-electron chi connectivity index (χ0n) is 14.9. The van der Waals surface area contributed by atoms with Crippen LogP contribution in [0.1, 0.15) is 24.3 Å². The molecule has 0 saturated carbocycles. The van der Waals surface area contributed by atoms with Gasteiger partial charge in [-0.25, -0.2) is 4.39 Å². The van der Waals surface area contributed by atoms with Gasteiger partial charge in [-0.05, 0) is 31.2 Å². The van der Waals surface area contributed by atoms with Gasteiger partial charge < -0.3 is 19.5 Å². The van der Waals surface area contributed by atoms with Crippen LogP contribution < -0.4 is 10.2 Å². The van der Waals surface area contributed by atoms with Crippen molar-refractivity contribution in [2.24, 2.45) is 0 Å². The number of nitrogens with zero attached hydrogens (tertiary/aromatic N) is 1. The van der Waals surface area contributed by atoms with Crippen LogP contribution in [0.3, 0.4) is 0 Å². The highest BCUT2D eigenvalue weighted by molar-refractivity contribution is 6.31. The van der Waals surface area contributed by atoms with Crippen molar-refractivity contribution in [3.63, 3.8) is 0 Å². The zero-order valence-corrected chi connectivity index (χ0v) is 15.6. The Balaban J connectivity index is 1.45. The van der Waals surface area contributed by atoms with E-state index in [0.717, 1.165) is 18.8 Å². The number of hydrogen-bond acceptors (Lipinski definition) is 2. The molecule has 1 saturated heterocycles. The first-order valence-corrected chi connectivity index (χ1v) is 9.33. The Morgan fingerprint density at radius 3 is 2.77 bits per heavy atom. The van der Waals surface area contributed by atoms with E-state index < -0.39 is 0 Å². The lowest BCUT2D eigenvalue weighted by Gasteiger charge is -2.32. The lowest BCUT2D eigenvalue weighted by atomic mass is 10.2. The summed E-state index contributed by atoms with van der Waals surface area (Å²) in [5, 5.41) is 2.46. The number of carbonyl (C=O) groups is 1. The zero-order chi connectivity index (χ0) is 18.5. The average molecular weight is 382 g/mol. The van der Waals surface area contributed by atoms with Crippen molar-refractivity contribution < 1.29 is 23.8 Å². The summed E-state index contributed by atoms with van der Waals surface area (Å²) in [6.07, 6.45) is 1.64. The van der Waals surface area contributed by atoms with E-state index in [4.69, 9.17) is 16.0 Å². The van der Waals surface area contributed by atoms with Crippen molar-refractivity contribution >= 4 is 17.5 Å². The first kappa shape index (κ1) is 18.9. The summed E-state index contributed by atoms with van der Waals surface area (Å²) in [6.45, 7) is 5.93. The molecule has 0 spiro atoms. The molecule has 1 atom stereocenters. The van der Waals surface area contributed by atoms with Crippen LogP contribution in [0.25, 0.3) is 0 Å². The summed E-state index contributed by atoms with van der Waals surface area (Å²) in [4.78, 5) is 15.6. The maximum atomic E-state index is 13.9. The van der Waals surface area contributed by atoms with Gasteiger partial charge in [0.05, 0.1) is 43.0 Å². The fourth-order valence-electron chi connectivity index (χ4n) is 3.27. The van der Waals surface area contributed by atoms with Crippen LogP contribution in [0, 0.1) is 5.82 Å². The fourth-order valence-corrected chi connectivity index (χ4v) is 3.50. The van der Waals surface area contributed by atoms with Gasteiger partial charge in [-0.15, -0.1) is 0 Å². The summed E-state index contributed by atoms with van der Waals surface area (Å²) in [5.74, 6) is 0.741. The van der Waals surface area contributed by atoms with Crippen molar-refractivity contribution in [3.05, 3.63) is 58.8 Å². The van der Waals surface area contributed by atoms with Gasteiger partial charge in [0.15, 0.2) is 12.3 Å². The molecule has 3 rings (SSSR count). The van der Waals surface area contributed by atoms with Crippen LogP contribution in [-0.2, 0) is 11.3 Å². The minimum absolute atomic E-state index is 0.115. The van der Waals surface area contributed by atoms with Crippen molar-refractivity contribution in [1.29, 1.82) is 0 Å². The number of carbonyl (C=O) groups excluding carboxylic acids is 1. The average Bonchev–Trinajstić information content (AvgIpc) is 3.18. The van der Waals surface area contributed by atoms with E-state index in [1.54, 1.807) is 18.4 Å². The highest BCUT2D eigenvalue weighted by Gasteiger charge is 2.26. The summed E-state index contributed by atoms with van der Waals surface area (Å²) < 4.78 is 19.3. The van der Waals surface area contributed by atoms with Crippen LogP contribution >= 0.6 is 11.6 Å². The van der Waals surface area contributed by atoms with Crippen LogP contribution in [-0.4, -0.2) is 43.5 Å². The van der Waals surface area contributed by atoms with E-state index >= 15 is 0 Å². The molecule has 5 nitrogen and oxygen atoms in total. The number of furan rings is 1. The van der Waals surface area contributed by atoms with Gasteiger partial charge >= 0.3 is 0 Å². The summed E-state index contributed by atoms with van der Waals surface area (Å²) in [6, 6.07) is 8.66. The second kappa shape index (κ2) is 8.66. The topological polar surface area (TPSA) is 54.5 Å². The fraction of sp³-hybridized carbons (Fsp3) is 0.421. The van der Waals surface area contributed by atoms with Gasteiger partial charge in [0.1, 0.15) is 18.4 Å². The van der Waals surface area contributed by atoms with E-state index in [2.05, 4.69) is 0 Å². The molecule has 1 aliphatic heterocycles. The normalized spacial score (nSPS) is 16.7. The lowest BCUT2D eigenvalue weighted by molar-refractivity contribution is -0.917. The Morgan fingerprint density at radius 1 is 1.35 bits per heavy atom. The molecule has 0 aliphatic carbocycles. The number of hydrogen-bond donors (Lipinski definition) is 2. The first-order chi connectivity index (χ1) is 12.5. The maximum absolute atomic E-state index is 13.9. The molecular weight excluding hydrogens is 357 g/mol. The number of halogens is 2. The van der Waals surface area contributed by atoms with Gasteiger partial charge in [0.25, 0.3) is 5.91 Å². The predicted molar refractivity (Wildman–Crippen MR) is 96.3 cm³/mol. The second-order valence-electron chi connectivity index (χ2n) is 6.75. The molecule has 140 valence electrons. The monoisotopic (exact) mass is 381 g/mol. The van der Waals surface area contributed by atoms with E-state index in [1.807, 2.05) is 29.3 Å². The SMILES string of the molecule is C[C@H]([NH2+]CC(=O)N1CC[NH+](Cc2c(F)cccc2Cl)CC1)c1ccco1. The minimum Gasteiger partial charge on any atom is -0.463 e. The molecule has 2 aromatic rings. The molecule has 1 fully saturated rings. The number of quaternary nitrogens is 2. The van der Waals surface area contributed by atoms with Crippen LogP contribution in [0.5, 0.6) is 0 Å². The number of benzene rings is 1. The third-order valence-electron chi connectivity index (χ3n) is 4.95. The summed E-state index contributed by atoms with van der Waals surface area (Å²) >= 11 is 6.11. The molecule has 1 aromatic carbocycles. The molecule has 1 aromatic heterocycles. The largest absolute Gasteiger partial charge is 0.463 e. The van der Waals surface area contributed by atoms with Crippen molar-refractivity contribution in [3.8, 4) is 0 Å². The van der Waals surface area contributed by atoms with Gasteiger partial charge in [0.2, 0.25) is 0 Å². The van der Waals surface area contributed by atoms with E-state index in [-0.39, 0.29) is 17.8 Å². The Labute approximate surface area is 157 Å². The number of amides is 1. The van der Waals surface area contributed by atoms with Crippen LogP contribution in [0.2, 0.25) is 5.02 Å². The molecule has 0 radical (unpaired) electrons. The van der Waals surface area contributed by atoms with Gasteiger partial charge in [-0.3, -0.25) is 4.79 Å². The number of nitrogens with two attached hydrogens (primary N) is 1. The molecule has 26 heavy (non-hydrogen) atoms. The maximum Gasteiger partial charge on any atom is 0.278 e. The molecular formula is C19H25ClFN3O2+2. The van der Waals surface area contributed by atoms with Gasteiger partial charge in [-0.2, -0.15) is 0 Å².